The smallest absolute Gasteiger partial charge is 0.170 e. The lowest BCUT2D eigenvalue weighted by Crippen LogP contribution is -2.30. The standard InChI is InChI=1S/C27H32N6O4S/c1-7-37-25(26-29-13-18(3)14-30-26)20(5)38(34,35)16-23-31-32-27(21-11-17(2)12-28-15-21)33(23)24-19(4)9-8-10-22(24)36-6/h8-15,20,25H,7,16H2,1-6H3/t20-,25-/m0/s1. The van der Waals surface area contributed by atoms with E-state index in [1.165, 1.54) is 0 Å². The lowest BCUT2D eigenvalue weighted by Gasteiger charge is -2.23. The minimum absolute atomic E-state index is 0.251. The zero-order valence-electron chi connectivity index (χ0n) is 22.4. The average Bonchev–Trinajstić information content (AvgIpc) is 3.29. The van der Waals surface area contributed by atoms with Crippen molar-refractivity contribution in [2.45, 2.75) is 51.7 Å². The van der Waals surface area contributed by atoms with Gasteiger partial charge in [0.1, 0.15) is 17.6 Å². The molecule has 11 heteroatoms. The van der Waals surface area contributed by atoms with Crippen LogP contribution < -0.4 is 4.74 Å². The number of pyridine rings is 1. The van der Waals surface area contributed by atoms with Crippen molar-refractivity contribution in [3.63, 3.8) is 0 Å². The SMILES string of the molecule is CCO[C@H](c1ncc(C)cn1)[C@H](C)S(=O)(=O)Cc1nnc(-c2cncc(C)c2)n1-c1c(C)cccc1OC. The second kappa shape index (κ2) is 11.4. The predicted molar refractivity (Wildman–Crippen MR) is 144 cm³/mol. The van der Waals surface area contributed by atoms with Gasteiger partial charge in [-0.3, -0.25) is 9.55 Å². The molecular formula is C27H32N6O4S. The van der Waals surface area contributed by atoms with Crippen molar-refractivity contribution in [3.05, 3.63) is 77.4 Å². The predicted octanol–water partition coefficient (Wildman–Crippen LogP) is 4.13. The third-order valence-corrected chi connectivity index (χ3v) is 8.27. The summed E-state index contributed by atoms with van der Waals surface area (Å²) >= 11 is 0. The Kier molecular flexibility index (Phi) is 8.17. The van der Waals surface area contributed by atoms with Crippen LogP contribution in [0.4, 0.5) is 0 Å². The van der Waals surface area contributed by atoms with Gasteiger partial charge in [-0.2, -0.15) is 0 Å². The number of nitrogens with zero attached hydrogens (tertiary/aromatic N) is 6. The lowest BCUT2D eigenvalue weighted by atomic mass is 10.1. The molecule has 3 heterocycles. The zero-order valence-corrected chi connectivity index (χ0v) is 23.2. The highest BCUT2D eigenvalue weighted by Gasteiger charge is 2.35. The molecule has 0 aliphatic carbocycles. The molecule has 200 valence electrons. The topological polar surface area (TPSA) is 122 Å². The summed E-state index contributed by atoms with van der Waals surface area (Å²) in [6, 6.07) is 7.56. The lowest BCUT2D eigenvalue weighted by molar-refractivity contribution is 0.0556. The van der Waals surface area contributed by atoms with Crippen LogP contribution in [0.3, 0.4) is 0 Å². The zero-order chi connectivity index (χ0) is 27.4. The number of ether oxygens (including phenoxy) is 2. The van der Waals surface area contributed by atoms with Gasteiger partial charge in [-0.25, -0.2) is 18.4 Å². The fourth-order valence-electron chi connectivity index (χ4n) is 4.24. The van der Waals surface area contributed by atoms with Gasteiger partial charge in [0.2, 0.25) is 0 Å². The van der Waals surface area contributed by atoms with Crippen LogP contribution in [0.25, 0.3) is 17.1 Å². The minimum atomic E-state index is -3.82. The largest absolute Gasteiger partial charge is 0.495 e. The van der Waals surface area contributed by atoms with Crippen molar-refractivity contribution in [2.75, 3.05) is 13.7 Å². The van der Waals surface area contributed by atoms with Crippen molar-refractivity contribution >= 4 is 9.84 Å². The molecule has 0 radical (unpaired) electrons. The van der Waals surface area contributed by atoms with Gasteiger partial charge in [-0.1, -0.05) is 12.1 Å². The highest BCUT2D eigenvalue weighted by Crippen LogP contribution is 2.33. The van der Waals surface area contributed by atoms with Crippen molar-refractivity contribution in [1.29, 1.82) is 0 Å². The second-order valence-corrected chi connectivity index (χ2v) is 11.5. The number of para-hydroxylation sites is 1. The summed E-state index contributed by atoms with van der Waals surface area (Å²) in [4.78, 5) is 13.0. The van der Waals surface area contributed by atoms with Gasteiger partial charge >= 0.3 is 0 Å². The van der Waals surface area contributed by atoms with Gasteiger partial charge in [-0.15, -0.1) is 10.2 Å². The summed E-state index contributed by atoms with van der Waals surface area (Å²) in [5, 5.41) is 7.81. The van der Waals surface area contributed by atoms with E-state index in [2.05, 4.69) is 25.1 Å². The Labute approximate surface area is 223 Å². The van der Waals surface area contributed by atoms with Gasteiger partial charge < -0.3 is 9.47 Å². The Bertz CT molecular complexity index is 1520. The molecule has 1 aromatic carbocycles. The van der Waals surface area contributed by atoms with Crippen LogP contribution in [0.15, 0.2) is 49.1 Å². The highest BCUT2D eigenvalue weighted by atomic mass is 32.2. The van der Waals surface area contributed by atoms with Crippen molar-refractivity contribution < 1.29 is 17.9 Å². The first kappa shape index (κ1) is 27.3. The molecule has 0 saturated heterocycles. The van der Waals surface area contributed by atoms with E-state index in [9.17, 15) is 8.42 Å². The van der Waals surface area contributed by atoms with E-state index in [-0.39, 0.29) is 11.6 Å². The number of methoxy groups -OCH3 is 1. The monoisotopic (exact) mass is 536 g/mol. The molecule has 10 nitrogen and oxygen atoms in total. The van der Waals surface area contributed by atoms with Crippen LogP contribution in [0, 0.1) is 20.8 Å². The van der Waals surface area contributed by atoms with E-state index in [0.717, 1.165) is 16.7 Å². The molecule has 0 N–H and O–H groups in total. The van der Waals surface area contributed by atoms with Gasteiger partial charge in [0.15, 0.2) is 27.3 Å². The third-order valence-electron chi connectivity index (χ3n) is 6.23. The maximum absolute atomic E-state index is 13.8. The summed E-state index contributed by atoms with van der Waals surface area (Å²) in [5.74, 6) is 1.23. The summed E-state index contributed by atoms with van der Waals surface area (Å²) in [6.07, 6.45) is 5.88. The first-order chi connectivity index (χ1) is 18.2. The summed E-state index contributed by atoms with van der Waals surface area (Å²) in [7, 11) is -2.25. The molecule has 4 rings (SSSR count). The number of aryl methyl sites for hydroxylation is 3. The number of hydrogen-bond acceptors (Lipinski definition) is 9. The Hall–Kier alpha value is -3.70. The summed E-state index contributed by atoms with van der Waals surface area (Å²) < 4.78 is 40.9. The van der Waals surface area contributed by atoms with Crippen molar-refractivity contribution in [1.82, 2.24) is 29.7 Å². The number of rotatable bonds is 10. The van der Waals surface area contributed by atoms with E-state index in [1.54, 1.807) is 43.4 Å². The number of sulfone groups is 1. The van der Waals surface area contributed by atoms with Crippen molar-refractivity contribution in [2.24, 2.45) is 0 Å². The van der Waals surface area contributed by atoms with Gasteiger partial charge in [0.05, 0.1) is 18.0 Å². The third kappa shape index (κ3) is 5.58. The van der Waals surface area contributed by atoms with E-state index >= 15 is 0 Å². The molecule has 0 bridgehead atoms. The van der Waals surface area contributed by atoms with E-state index in [1.807, 2.05) is 52.0 Å². The van der Waals surface area contributed by atoms with Gasteiger partial charge in [-0.05, 0) is 63.4 Å². The Morgan fingerprint density at radius 3 is 2.39 bits per heavy atom. The summed E-state index contributed by atoms with van der Waals surface area (Å²) in [5.41, 5.74) is 4.06. The molecule has 4 aromatic rings. The maximum Gasteiger partial charge on any atom is 0.170 e. The molecule has 0 spiro atoms. The Morgan fingerprint density at radius 1 is 1.00 bits per heavy atom. The van der Waals surface area contributed by atoms with Crippen LogP contribution in [0.2, 0.25) is 0 Å². The fourth-order valence-corrected chi connectivity index (χ4v) is 5.63. The van der Waals surface area contributed by atoms with Gasteiger partial charge in [0.25, 0.3) is 0 Å². The number of benzene rings is 1. The van der Waals surface area contributed by atoms with Gasteiger partial charge in [0, 0.05) is 37.0 Å². The fraction of sp³-hybridized carbons (Fsp3) is 0.370. The molecule has 0 aliphatic rings. The molecule has 0 fully saturated rings. The van der Waals surface area contributed by atoms with E-state index < -0.39 is 21.2 Å². The highest BCUT2D eigenvalue weighted by molar-refractivity contribution is 7.91. The molecule has 38 heavy (non-hydrogen) atoms. The minimum Gasteiger partial charge on any atom is -0.495 e. The van der Waals surface area contributed by atoms with Crippen LogP contribution >= 0.6 is 0 Å². The van der Waals surface area contributed by atoms with Crippen LogP contribution in [-0.4, -0.2) is 57.1 Å². The number of aromatic nitrogens is 6. The molecule has 3 aromatic heterocycles. The summed E-state index contributed by atoms with van der Waals surface area (Å²) in [6.45, 7) is 9.45. The van der Waals surface area contributed by atoms with Crippen LogP contribution in [-0.2, 0) is 20.3 Å². The van der Waals surface area contributed by atoms with Crippen LogP contribution in [0.1, 0.15) is 48.3 Å². The van der Waals surface area contributed by atoms with Crippen molar-refractivity contribution in [3.8, 4) is 22.8 Å². The maximum atomic E-state index is 13.8. The Balaban J connectivity index is 1.82. The first-order valence-corrected chi connectivity index (χ1v) is 14.0. The van der Waals surface area contributed by atoms with E-state index in [0.29, 0.717) is 35.3 Å². The molecule has 0 aliphatic heterocycles. The van der Waals surface area contributed by atoms with E-state index in [4.69, 9.17) is 9.47 Å². The molecule has 0 saturated carbocycles. The molecule has 0 unspecified atom stereocenters. The van der Waals surface area contributed by atoms with Crippen LogP contribution in [0.5, 0.6) is 5.75 Å². The molecular weight excluding hydrogens is 504 g/mol. The number of hydrogen-bond donors (Lipinski definition) is 0. The Morgan fingerprint density at radius 2 is 1.74 bits per heavy atom. The first-order valence-electron chi connectivity index (χ1n) is 12.3. The second-order valence-electron chi connectivity index (χ2n) is 9.16. The molecule has 2 atom stereocenters. The normalized spacial score (nSPS) is 13.3. The quantitative estimate of drug-likeness (QED) is 0.294. The molecule has 0 amide bonds. The average molecular weight is 537 g/mol.